The van der Waals surface area contributed by atoms with Gasteiger partial charge in [0.15, 0.2) is 5.78 Å². The summed E-state index contributed by atoms with van der Waals surface area (Å²) in [6, 6.07) is 1.68. The van der Waals surface area contributed by atoms with Crippen LogP contribution in [0.3, 0.4) is 0 Å². The van der Waals surface area contributed by atoms with Crippen molar-refractivity contribution < 1.29 is 23.5 Å². The number of carboxylic acids is 1. The fourth-order valence-corrected chi connectivity index (χ4v) is 1.69. The SMILES string of the molecule is C=CCNC(CCC(=O)O)C(=O)c1cc(F)ccc1F. The Labute approximate surface area is 115 Å². The molecule has 1 aromatic rings. The van der Waals surface area contributed by atoms with Crippen LogP contribution in [0.5, 0.6) is 0 Å². The highest BCUT2D eigenvalue weighted by molar-refractivity contribution is 6.00. The first-order valence-electron chi connectivity index (χ1n) is 6.01. The number of aliphatic carboxylic acids is 1. The smallest absolute Gasteiger partial charge is 0.303 e. The molecule has 0 aliphatic heterocycles. The van der Waals surface area contributed by atoms with Gasteiger partial charge in [0.25, 0.3) is 0 Å². The van der Waals surface area contributed by atoms with Crippen LogP contribution in [-0.2, 0) is 4.79 Å². The van der Waals surface area contributed by atoms with Gasteiger partial charge in [-0.1, -0.05) is 6.08 Å². The maximum Gasteiger partial charge on any atom is 0.303 e. The van der Waals surface area contributed by atoms with Gasteiger partial charge >= 0.3 is 5.97 Å². The van der Waals surface area contributed by atoms with Crippen LogP contribution in [0.1, 0.15) is 23.2 Å². The lowest BCUT2D eigenvalue weighted by molar-refractivity contribution is -0.137. The third kappa shape index (κ3) is 4.55. The Balaban J connectivity index is 2.92. The number of Topliss-reactive ketones (excluding diaryl/α,β-unsaturated/α-hetero) is 1. The maximum atomic E-state index is 13.5. The van der Waals surface area contributed by atoms with E-state index in [4.69, 9.17) is 5.11 Å². The molecule has 20 heavy (non-hydrogen) atoms. The first kappa shape index (κ1) is 16.0. The lowest BCUT2D eigenvalue weighted by Crippen LogP contribution is -2.37. The van der Waals surface area contributed by atoms with Crippen molar-refractivity contribution in [1.29, 1.82) is 0 Å². The predicted molar refractivity (Wildman–Crippen MR) is 69.5 cm³/mol. The first-order chi connectivity index (χ1) is 9.45. The average Bonchev–Trinajstić information content (AvgIpc) is 2.40. The van der Waals surface area contributed by atoms with Crippen LogP contribution >= 0.6 is 0 Å². The normalized spacial score (nSPS) is 11.9. The molecule has 1 unspecified atom stereocenters. The molecule has 0 aliphatic carbocycles. The molecular formula is C14H15F2NO3. The Hall–Kier alpha value is -2.08. The fourth-order valence-electron chi connectivity index (χ4n) is 1.69. The Bertz CT molecular complexity index is 517. The summed E-state index contributed by atoms with van der Waals surface area (Å²) in [6.07, 6.45) is 1.22. The van der Waals surface area contributed by atoms with E-state index in [1.807, 2.05) is 0 Å². The van der Waals surface area contributed by atoms with Gasteiger partial charge in [-0.2, -0.15) is 0 Å². The van der Waals surface area contributed by atoms with Crippen molar-refractivity contribution in [2.24, 2.45) is 0 Å². The molecule has 0 aliphatic rings. The van der Waals surface area contributed by atoms with Gasteiger partial charge < -0.3 is 10.4 Å². The van der Waals surface area contributed by atoms with Crippen molar-refractivity contribution in [3.63, 3.8) is 0 Å². The van der Waals surface area contributed by atoms with Gasteiger partial charge in [-0.15, -0.1) is 6.58 Å². The van der Waals surface area contributed by atoms with Crippen LogP contribution in [0, 0.1) is 11.6 Å². The standard InChI is InChI=1S/C14H15F2NO3/c1-2-7-17-12(5-6-13(18)19)14(20)10-8-9(15)3-4-11(10)16/h2-4,8,12,17H,1,5-7H2,(H,18,19). The number of carbonyl (C=O) groups excluding carboxylic acids is 1. The first-order valence-corrected chi connectivity index (χ1v) is 6.01. The van der Waals surface area contributed by atoms with Crippen LogP contribution in [0.2, 0.25) is 0 Å². The number of ketones is 1. The zero-order valence-corrected chi connectivity index (χ0v) is 10.7. The van der Waals surface area contributed by atoms with Crippen LogP contribution in [-0.4, -0.2) is 29.4 Å². The fraction of sp³-hybridized carbons (Fsp3) is 0.286. The molecular weight excluding hydrogens is 268 g/mol. The van der Waals surface area contributed by atoms with E-state index in [1.165, 1.54) is 6.08 Å². The number of nitrogens with one attached hydrogen (secondary N) is 1. The number of carbonyl (C=O) groups is 2. The number of benzene rings is 1. The second kappa shape index (κ2) is 7.49. The minimum Gasteiger partial charge on any atom is -0.481 e. The molecule has 0 amide bonds. The van der Waals surface area contributed by atoms with Crippen molar-refractivity contribution >= 4 is 11.8 Å². The zero-order valence-electron chi connectivity index (χ0n) is 10.7. The van der Waals surface area contributed by atoms with E-state index in [1.54, 1.807) is 0 Å². The highest BCUT2D eigenvalue weighted by atomic mass is 19.1. The lowest BCUT2D eigenvalue weighted by Gasteiger charge is -2.16. The van der Waals surface area contributed by atoms with Gasteiger partial charge in [0.2, 0.25) is 0 Å². The van der Waals surface area contributed by atoms with Crippen molar-refractivity contribution in [3.05, 3.63) is 48.1 Å². The predicted octanol–water partition coefficient (Wildman–Crippen LogP) is 2.16. The molecule has 0 spiro atoms. The summed E-state index contributed by atoms with van der Waals surface area (Å²) in [5.74, 6) is -3.30. The van der Waals surface area contributed by atoms with Gasteiger partial charge in [-0.25, -0.2) is 8.78 Å². The molecule has 0 fully saturated rings. The van der Waals surface area contributed by atoms with Crippen molar-refractivity contribution in [2.75, 3.05) is 6.54 Å². The van der Waals surface area contributed by atoms with Crippen LogP contribution in [0.4, 0.5) is 8.78 Å². The minimum atomic E-state index is -1.07. The largest absolute Gasteiger partial charge is 0.481 e. The van der Waals surface area contributed by atoms with Gasteiger partial charge in [0, 0.05) is 13.0 Å². The van der Waals surface area contributed by atoms with Crippen LogP contribution in [0.25, 0.3) is 0 Å². The van der Waals surface area contributed by atoms with E-state index < -0.39 is 35.0 Å². The molecule has 0 heterocycles. The number of hydrogen-bond acceptors (Lipinski definition) is 3. The molecule has 1 atom stereocenters. The maximum absolute atomic E-state index is 13.5. The van der Waals surface area contributed by atoms with E-state index in [0.29, 0.717) is 0 Å². The summed E-state index contributed by atoms with van der Waals surface area (Å²) in [6.45, 7) is 3.72. The average molecular weight is 283 g/mol. The summed E-state index contributed by atoms with van der Waals surface area (Å²) in [7, 11) is 0. The molecule has 0 saturated heterocycles. The van der Waals surface area contributed by atoms with Crippen molar-refractivity contribution in [2.45, 2.75) is 18.9 Å². The monoisotopic (exact) mass is 283 g/mol. The van der Waals surface area contributed by atoms with Gasteiger partial charge in [-0.3, -0.25) is 9.59 Å². The number of carboxylic acid groups (broad SMARTS) is 1. The van der Waals surface area contributed by atoms with E-state index in [9.17, 15) is 18.4 Å². The second-order valence-electron chi connectivity index (χ2n) is 4.17. The Kier molecular flexibility index (Phi) is 5.99. The van der Waals surface area contributed by atoms with Gasteiger partial charge in [0.1, 0.15) is 11.6 Å². The van der Waals surface area contributed by atoms with Gasteiger partial charge in [0.05, 0.1) is 11.6 Å². The summed E-state index contributed by atoms with van der Waals surface area (Å²) in [4.78, 5) is 22.7. The summed E-state index contributed by atoms with van der Waals surface area (Å²) >= 11 is 0. The van der Waals surface area contributed by atoms with Gasteiger partial charge in [-0.05, 0) is 24.6 Å². The summed E-state index contributed by atoms with van der Waals surface area (Å²) in [5, 5.41) is 11.4. The molecule has 1 aromatic carbocycles. The van der Waals surface area contributed by atoms with Crippen molar-refractivity contribution in [1.82, 2.24) is 5.32 Å². The molecule has 1 rings (SSSR count). The highest BCUT2D eigenvalue weighted by Gasteiger charge is 2.23. The third-order valence-corrected chi connectivity index (χ3v) is 2.67. The summed E-state index contributed by atoms with van der Waals surface area (Å²) < 4.78 is 26.6. The minimum absolute atomic E-state index is 0.0159. The van der Waals surface area contributed by atoms with Crippen LogP contribution < -0.4 is 5.32 Å². The lowest BCUT2D eigenvalue weighted by atomic mass is 9.99. The molecule has 0 aromatic heterocycles. The van der Waals surface area contributed by atoms with Crippen LogP contribution in [0.15, 0.2) is 30.9 Å². The second-order valence-corrected chi connectivity index (χ2v) is 4.17. The van der Waals surface area contributed by atoms with E-state index in [2.05, 4.69) is 11.9 Å². The molecule has 4 nitrogen and oxygen atoms in total. The third-order valence-electron chi connectivity index (χ3n) is 2.67. The number of halogens is 2. The Morgan fingerprint density at radius 3 is 2.70 bits per heavy atom. The van der Waals surface area contributed by atoms with E-state index >= 15 is 0 Å². The van der Waals surface area contributed by atoms with E-state index in [-0.39, 0.29) is 19.4 Å². The molecule has 6 heteroatoms. The van der Waals surface area contributed by atoms with Crippen molar-refractivity contribution in [3.8, 4) is 0 Å². The molecule has 0 bridgehead atoms. The number of hydrogen-bond donors (Lipinski definition) is 2. The molecule has 0 saturated carbocycles. The molecule has 2 N–H and O–H groups in total. The summed E-state index contributed by atoms with van der Waals surface area (Å²) in [5.41, 5.74) is -0.392. The topological polar surface area (TPSA) is 66.4 Å². The zero-order chi connectivity index (χ0) is 15.1. The Morgan fingerprint density at radius 2 is 2.10 bits per heavy atom. The molecule has 0 radical (unpaired) electrons. The number of rotatable bonds is 8. The van der Waals surface area contributed by atoms with E-state index in [0.717, 1.165) is 18.2 Å². The highest BCUT2D eigenvalue weighted by Crippen LogP contribution is 2.14. The quantitative estimate of drug-likeness (QED) is 0.567. The molecule has 108 valence electrons. The Morgan fingerprint density at radius 1 is 1.40 bits per heavy atom.